The van der Waals surface area contributed by atoms with Crippen molar-refractivity contribution in [1.29, 1.82) is 0 Å². The van der Waals surface area contributed by atoms with Crippen molar-refractivity contribution in [2.45, 2.75) is 46.3 Å². The lowest BCUT2D eigenvalue weighted by molar-refractivity contribution is -0.389. The van der Waals surface area contributed by atoms with Crippen LogP contribution in [-0.2, 0) is 11.3 Å². The summed E-state index contributed by atoms with van der Waals surface area (Å²) < 4.78 is 1.41. The molecule has 8 nitrogen and oxygen atoms in total. The third-order valence-corrected chi connectivity index (χ3v) is 3.78. The van der Waals surface area contributed by atoms with E-state index in [1.807, 2.05) is 13.8 Å². The molecule has 1 heterocycles. The van der Waals surface area contributed by atoms with Crippen LogP contribution in [0.4, 0.5) is 5.82 Å². The number of aliphatic hydroxyl groups is 1. The Morgan fingerprint density at radius 3 is 2.76 bits per heavy atom. The fourth-order valence-electron chi connectivity index (χ4n) is 1.84. The number of rotatable bonds is 7. The van der Waals surface area contributed by atoms with Crippen LogP contribution in [0, 0.1) is 23.0 Å². The third kappa shape index (κ3) is 4.52. The number of hydrogen-bond acceptors (Lipinski definition) is 5. The third-order valence-electron chi connectivity index (χ3n) is 3.78. The Kier molecular flexibility index (Phi) is 5.42. The first kappa shape index (κ1) is 17.1. The lowest BCUT2D eigenvalue weighted by Crippen LogP contribution is -2.45. The fraction of sp³-hybridized carbons (Fsp3) is 0.692. The van der Waals surface area contributed by atoms with Gasteiger partial charge in [-0.25, -0.2) is 0 Å². The zero-order valence-corrected chi connectivity index (χ0v) is 12.8. The van der Waals surface area contributed by atoms with Gasteiger partial charge >= 0.3 is 5.82 Å². The van der Waals surface area contributed by atoms with Crippen LogP contribution < -0.4 is 5.32 Å². The highest BCUT2D eigenvalue weighted by molar-refractivity contribution is 5.75. The molecule has 0 radical (unpaired) electrons. The van der Waals surface area contributed by atoms with Gasteiger partial charge in [0.15, 0.2) is 0 Å². The van der Waals surface area contributed by atoms with Gasteiger partial charge in [-0.15, -0.1) is 0 Å². The molecule has 0 aromatic carbocycles. The summed E-state index contributed by atoms with van der Waals surface area (Å²) in [7, 11) is 0. The Labute approximate surface area is 123 Å². The average molecular weight is 298 g/mol. The highest BCUT2D eigenvalue weighted by atomic mass is 16.6. The molecular formula is C13H22N4O4. The van der Waals surface area contributed by atoms with E-state index in [1.165, 1.54) is 10.8 Å². The Hall–Kier alpha value is -1.96. The van der Waals surface area contributed by atoms with Gasteiger partial charge < -0.3 is 20.5 Å². The molecule has 0 bridgehead atoms. The number of hydrogen-bond donors (Lipinski definition) is 2. The van der Waals surface area contributed by atoms with Crippen molar-refractivity contribution in [1.82, 2.24) is 14.9 Å². The SMILES string of the molecule is CCC(C)C(C)(O)CNC(=O)Cn1cc([N+](=O)[O-])nc1C. The van der Waals surface area contributed by atoms with Crippen molar-refractivity contribution >= 4 is 11.7 Å². The average Bonchev–Trinajstić information content (AvgIpc) is 2.77. The maximum atomic E-state index is 11.9. The van der Waals surface area contributed by atoms with Crippen LogP contribution in [-0.4, -0.2) is 37.6 Å². The monoisotopic (exact) mass is 298 g/mol. The first-order valence-electron chi connectivity index (χ1n) is 6.84. The number of imidazole rings is 1. The first-order valence-corrected chi connectivity index (χ1v) is 6.84. The van der Waals surface area contributed by atoms with Crippen molar-refractivity contribution in [2.24, 2.45) is 5.92 Å². The second-order valence-corrected chi connectivity index (χ2v) is 5.47. The molecule has 1 rings (SSSR count). The number of amides is 1. The summed E-state index contributed by atoms with van der Waals surface area (Å²) in [5, 5.41) is 23.5. The highest BCUT2D eigenvalue weighted by Gasteiger charge is 2.27. The number of carbonyl (C=O) groups is 1. The van der Waals surface area contributed by atoms with Gasteiger partial charge in [0.05, 0.1) is 5.60 Å². The highest BCUT2D eigenvalue weighted by Crippen LogP contribution is 2.18. The minimum absolute atomic E-state index is 0.0499. The molecule has 1 aromatic rings. The van der Waals surface area contributed by atoms with Crippen LogP contribution in [0.25, 0.3) is 0 Å². The summed E-state index contributed by atoms with van der Waals surface area (Å²) in [5.74, 6) is -0.166. The molecule has 2 unspecified atom stereocenters. The molecule has 0 aliphatic heterocycles. The zero-order chi connectivity index (χ0) is 16.2. The molecule has 2 atom stereocenters. The van der Waals surface area contributed by atoms with Gasteiger partial charge in [0.25, 0.3) is 0 Å². The van der Waals surface area contributed by atoms with Gasteiger partial charge in [0.1, 0.15) is 12.7 Å². The van der Waals surface area contributed by atoms with Gasteiger partial charge in [-0.3, -0.25) is 9.36 Å². The molecule has 0 saturated heterocycles. The molecule has 1 aromatic heterocycles. The van der Waals surface area contributed by atoms with E-state index in [2.05, 4.69) is 10.3 Å². The second-order valence-electron chi connectivity index (χ2n) is 5.47. The number of nitrogens with zero attached hydrogens (tertiary/aromatic N) is 3. The predicted molar refractivity (Wildman–Crippen MR) is 76.7 cm³/mol. The zero-order valence-electron chi connectivity index (χ0n) is 12.8. The van der Waals surface area contributed by atoms with Gasteiger partial charge in [0, 0.05) is 13.5 Å². The van der Waals surface area contributed by atoms with Crippen LogP contribution in [0.3, 0.4) is 0 Å². The van der Waals surface area contributed by atoms with Crippen LogP contribution >= 0.6 is 0 Å². The smallest absolute Gasteiger partial charge is 0.381 e. The molecular weight excluding hydrogens is 276 g/mol. The first-order chi connectivity index (χ1) is 9.67. The van der Waals surface area contributed by atoms with E-state index in [-0.39, 0.29) is 30.7 Å². The largest absolute Gasteiger partial charge is 0.388 e. The summed E-state index contributed by atoms with van der Waals surface area (Å²) >= 11 is 0. The summed E-state index contributed by atoms with van der Waals surface area (Å²) in [4.78, 5) is 25.6. The molecule has 21 heavy (non-hydrogen) atoms. The van der Waals surface area contributed by atoms with Crippen LogP contribution in [0.2, 0.25) is 0 Å². The van der Waals surface area contributed by atoms with E-state index in [9.17, 15) is 20.0 Å². The lowest BCUT2D eigenvalue weighted by atomic mass is 9.89. The number of nitrogens with one attached hydrogen (secondary N) is 1. The molecule has 0 aliphatic carbocycles. The number of aromatic nitrogens is 2. The van der Waals surface area contributed by atoms with Crippen LogP contribution in [0.1, 0.15) is 33.0 Å². The summed E-state index contributed by atoms with van der Waals surface area (Å²) in [6.45, 7) is 7.22. The topological polar surface area (TPSA) is 110 Å². The Morgan fingerprint density at radius 2 is 2.29 bits per heavy atom. The minimum atomic E-state index is -0.986. The van der Waals surface area contributed by atoms with Crippen molar-refractivity contribution < 1.29 is 14.8 Å². The molecule has 118 valence electrons. The standard InChI is InChI=1S/C13H22N4O4/c1-5-9(2)13(4,19)8-14-12(18)7-16-6-11(17(20)21)15-10(16)3/h6,9,19H,5,7-8H2,1-4H3,(H,14,18). The summed E-state index contributed by atoms with van der Waals surface area (Å²) in [6, 6.07) is 0. The minimum Gasteiger partial charge on any atom is -0.388 e. The van der Waals surface area contributed by atoms with Gasteiger partial charge in [-0.2, -0.15) is 0 Å². The molecule has 2 N–H and O–H groups in total. The van der Waals surface area contributed by atoms with Crippen LogP contribution in [0.15, 0.2) is 6.20 Å². The van der Waals surface area contributed by atoms with E-state index in [0.717, 1.165) is 6.42 Å². The molecule has 1 amide bonds. The van der Waals surface area contributed by atoms with Crippen molar-refractivity contribution in [3.8, 4) is 0 Å². The second kappa shape index (κ2) is 6.66. The lowest BCUT2D eigenvalue weighted by Gasteiger charge is -2.29. The Balaban J connectivity index is 2.60. The number of nitro groups is 1. The van der Waals surface area contributed by atoms with E-state index in [1.54, 1.807) is 13.8 Å². The van der Waals surface area contributed by atoms with Gasteiger partial charge in [-0.05, 0) is 22.7 Å². The van der Waals surface area contributed by atoms with E-state index < -0.39 is 10.5 Å². The Morgan fingerprint density at radius 1 is 1.67 bits per heavy atom. The normalized spacial score (nSPS) is 15.3. The Bertz CT molecular complexity index is 524. The molecule has 0 spiro atoms. The fourth-order valence-corrected chi connectivity index (χ4v) is 1.84. The molecule has 0 saturated carbocycles. The van der Waals surface area contributed by atoms with Crippen LogP contribution in [0.5, 0.6) is 0 Å². The van der Waals surface area contributed by atoms with E-state index >= 15 is 0 Å². The molecule has 0 aliphatic rings. The number of aryl methyl sites for hydroxylation is 1. The van der Waals surface area contributed by atoms with Crippen molar-refractivity contribution in [3.05, 3.63) is 22.1 Å². The summed E-state index contributed by atoms with van der Waals surface area (Å²) in [5.41, 5.74) is -0.986. The van der Waals surface area contributed by atoms with Crippen molar-refractivity contribution in [3.63, 3.8) is 0 Å². The molecule has 0 fully saturated rings. The van der Waals surface area contributed by atoms with Gasteiger partial charge in [0.2, 0.25) is 11.7 Å². The van der Waals surface area contributed by atoms with E-state index in [4.69, 9.17) is 0 Å². The quantitative estimate of drug-likeness (QED) is 0.576. The van der Waals surface area contributed by atoms with Crippen molar-refractivity contribution in [2.75, 3.05) is 6.54 Å². The maximum Gasteiger partial charge on any atom is 0.381 e. The maximum absolute atomic E-state index is 11.9. The van der Waals surface area contributed by atoms with E-state index in [0.29, 0.717) is 5.82 Å². The number of carbonyl (C=O) groups excluding carboxylic acids is 1. The molecule has 8 heteroatoms. The summed E-state index contributed by atoms with van der Waals surface area (Å²) in [6.07, 6.45) is 2.03. The van der Waals surface area contributed by atoms with Gasteiger partial charge in [-0.1, -0.05) is 20.3 Å². The predicted octanol–water partition coefficient (Wildman–Crippen LogP) is 1.01.